The summed E-state index contributed by atoms with van der Waals surface area (Å²) in [5.41, 5.74) is 5.77. The fourth-order valence-corrected chi connectivity index (χ4v) is 2.47. The number of carbonyl (C=O) groups excluding carboxylic acids is 1. The number of nitrogens with two attached hydrogens (primary N) is 1. The number of carbonyl (C=O) groups is 1. The second kappa shape index (κ2) is 3.56. The Hall–Kier alpha value is -0.370. The van der Waals surface area contributed by atoms with E-state index in [1.807, 2.05) is 6.92 Å². The molecule has 2 nitrogen and oxygen atoms in total. The van der Waals surface area contributed by atoms with E-state index in [1.54, 1.807) is 0 Å². The van der Waals surface area contributed by atoms with Crippen molar-refractivity contribution in [3.8, 4) is 0 Å². The Labute approximate surface area is 74.5 Å². The third kappa shape index (κ3) is 1.86. The number of hydrogen-bond acceptors (Lipinski definition) is 2. The Bertz CT molecular complexity index is 177. The average Bonchev–Trinajstić information content (AvgIpc) is 1.82. The van der Waals surface area contributed by atoms with Crippen LogP contribution >= 0.6 is 0 Å². The largest absolute Gasteiger partial charge is 0.327 e. The first-order valence-electron chi connectivity index (χ1n) is 4.80. The lowest BCUT2D eigenvalue weighted by atomic mass is 9.72. The van der Waals surface area contributed by atoms with Gasteiger partial charge in [0.1, 0.15) is 5.78 Å². The third-order valence-electron chi connectivity index (χ3n) is 2.88. The van der Waals surface area contributed by atoms with Crippen molar-refractivity contribution in [2.45, 2.75) is 39.7 Å². The van der Waals surface area contributed by atoms with Crippen LogP contribution in [0.3, 0.4) is 0 Å². The molecule has 0 aromatic heterocycles. The summed E-state index contributed by atoms with van der Waals surface area (Å²) >= 11 is 0. The summed E-state index contributed by atoms with van der Waals surface area (Å²) in [6, 6.07) is 0.0278. The van der Waals surface area contributed by atoms with Crippen LogP contribution in [0.4, 0.5) is 0 Å². The first-order valence-corrected chi connectivity index (χ1v) is 4.80. The van der Waals surface area contributed by atoms with Crippen molar-refractivity contribution in [1.29, 1.82) is 0 Å². The Morgan fingerprint density at radius 3 is 2.50 bits per heavy atom. The molecule has 0 bridgehead atoms. The van der Waals surface area contributed by atoms with Crippen molar-refractivity contribution in [3.63, 3.8) is 0 Å². The Kier molecular flexibility index (Phi) is 2.89. The van der Waals surface area contributed by atoms with E-state index in [2.05, 4.69) is 13.8 Å². The summed E-state index contributed by atoms with van der Waals surface area (Å²) in [6.07, 6.45) is 1.88. The molecule has 1 aliphatic rings. The van der Waals surface area contributed by atoms with Crippen molar-refractivity contribution in [2.75, 3.05) is 0 Å². The van der Waals surface area contributed by atoms with E-state index in [0.717, 1.165) is 12.8 Å². The average molecular weight is 169 g/mol. The summed E-state index contributed by atoms with van der Waals surface area (Å²) in [4.78, 5) is 11.6. The summed E-state index contributed by atoms with van der Waals surface area (Å²) in [5, 5.41) is 0. The van der Waals surface area contributed by atoms with E-state index in [-0.39, 0.29) is 12.0 Å². The molecule has 1 rings (SSSR count). The van der Waals surface area contributed by atoms with Gasteiger partial charge >= 0.3 is 0 Å². The van der Waals surface area contributed by atoms with Crippen LogP contribution in [-0.4, -0.2) is 11.8 Å². The third-order valence-corrected chi connectivity index (χ3v) is 2.88. The zero-order chi connectivity index (χ0) is 9.30. The lowest BCUT2D eigenvalue weighted by Gasteiger charge is -2.33. The van der Waals surface area contributed by atoms with Gasteiger partial charge < -0.3 is 5.73 Å². The topological polar surface area (TPSA) is 43.1 Å². The highest BCUT2D eigenvalue weighted by molar-refractivity contribution is 5.82. The van der Waals surface area contributed by atoms with Crippen molar-refractivity contribution < 1.29 is 4.79 Å². The molecule has 2 heteroatoms. The first kappa shape index (κ1) is 9.72. The van der Waals surface area contributed by atoms with Crippen molar-refractivity contribution in [1.82, 2.24) is 0 Å². The van der Waals surface area contributed by atoms with E-state index < -0.39 is 0 Å². The Morgan fingerprint density at radius 1 is 1.50 bits per heavy atom. The van der Waals surface area contributed by atoms with Crippen LogP contribution in [0.5, 0.6) is 0 Å². The number of rotatable bonds is 1. The molecule has 0 aromatic rings. The second-order valence-corrected chi connectivity index (χ2v) is 4.37. The van der Waals surface area contributed by atoms with Gasteiger partial charge in [0.05, 0.1) is 0 Å². The zero-order valence-electron chi connectivity index (χ0n) is 8.21. The van der Waals surface area contributed by atoms with Gasteiger partial charge in [-0.2, -0.15) is 0 Å². The lowest BCUT2D eigenvalue weighted by Crippen LogP contribution is -2.41. The van der Waals surface area contributed by atoms with Gasteiger partial charge in [-0.05, 0) is 25.2 Å². The highest BCUT2D eigenvalue weighted by Crippen LogP contribution is 2.32. The molecule has 70 valence electrons. The molecule has 0 radical (unpaired) electrons. The quantitative estimate of drug-likeness (QED) is 0.647. The van der Waals surface area contributed by atoms with Gasteiger partial charge in [0, 0.05) is 18.4 Å². The predicted octanol–water partition coefficient (Wildman–Crippen LogP) is 1.58. The van der Waals surface area contributed by atoms with Gasteiger partial charge in [0.2, 0.25) is 0 Å². The number of ketones is 1. The normalized spacial score (nSPS) is 39.7. The summed E-state index contributed by atoms with van der Waals surface area (Å²) in [7, 11) is 0. The second-order valence-electron chi connectivity index (χ2n) is 4.37. The van der Waals surface area contributed by atoms with Crippen LogP contribution in [0.15, 0.2) is 0 Å². The molecule has 2 N–H and O–H groups in total. The van der Waals surface area contributed by atoms with E-state index >= 15 is 0 Å². The molecule has 1 aliphatic carbocycles. The summed E-state index contributed by atoms with van der Waals surface area (Å²) in [6.45, 7) is 6.22. The maximum absolute atomic E-state index is 11.6. The van der Waals surface area contributed by atoms with E-state index in [1.165, 1.54) is 0 Å². The minimum Gasteiger partial charge on any atom is -0.327 e. The van der Waals surface area contributed by atoms with Crippen molar-refractivity contribution >= 4 is 5.78 Å². The summed E-state index contributed by atoms with van der Waals surface area (Å²) in [5.74, 6) is 1.51. The molecule has 1 saturated carbocycles. The maximum Gasteiger partial charge on any atom is 0.138 e. The molecule has 0 aromatic carbocycles. The van der Waals surface area contributed by atoms with Gasteiger partial charge in [-0.1, -0.05) is 13.8 Å². The molecule has 0 spiro atoms. The van der Waals surface area contributed by atoms with E-state index in [0.29, 0.717) is 17.6 Å². The SMILES string of the molecule is CC1CC(=O)C(C(C)N)C(C)C1. The molecule has 0 heterocycles. The standard InChI is InChI=1S/C10H19NO/c1-6-4-7(2)10(8(3)11)9(12)5-6/h6-8,10H,4-5,11H2,1-3H3. The molecule has 0 saturated heterocycles. The molecule has 1 fully saturated rings. The lowest BCUT2D eigenvalue weighted by molar-refractivity contribution is -0.128. The van der Waals surface area contributed by atoms with Crippen LogP contribution in [0.25, 0.3) is 0 Å². The predicted molar refractivity (Wildman–Crippen MR) is 49.7 cm³/mol. The Balaban J connectivity index is 2.67. The fourth-order valence-electron chi connectivity index (χ4n) is 2.47. The first-order chi connectivity index (χ1) is 5.52. The monoisotopic (exact) mass is 169 g/mol. The molecule has 0 amide bonds. The van der Waals surface area contributed by atoms with Gasteiger partial charge in [0.15, 0.2) is 0 Å². The molecule has 12 heavy (non-hydrogen) atoms. The van der Waals surface area contributed by atoms with Gasteiger partial charge in [-0.25, -0.2) is 0 Å². The van der Waals surface area contributed by atoms with Gasteiger partial charge in [-0.15, -0.1) is 0 Å². The maximum atomic E-state index is 11.6. The van der Waals surface area contributed by atoms with Gasteiger partial charge in [-0.3, -0.25) is 4.79 Å². The van der Waals surface area contributed by atoms with Crippen LogP contribution < -0.4 is 5.73 Å². The fraction of sp³-hybridized carbons (Fsp3) is 0.900. The molecule has 4 unspecified atom stereocenters. The Morgan fingerprint density at radius 2 is 2.08 bits per heavy atom. The van der Waals surface area contributed by atoms with Crippen LogP contribution in [0.2, 0.25) is 0 Å². The van der Waals surface area contributed by atoms with E-state index in [9.17, 15) is 4.79 Å². The summed E-state index contributed by atoms with van der Waals surface area (Å²) < 4.78 is 0. The highest BCUT2D eigenvalue weighted by atomic mass is 16.1. The van der Waals surface area contributed by atoms with Crippen LogP contribution in [0.1, 0.15) is 33.6 Å². The zero-order valence-corrected chi connectivity index (χ0v) is 8.21. The van der Waals surface area contributed by atoms with Crippen LogP contribution in [0, 0.1) is 17.8 Å². The number of hydrogen-bond donors (Lipinski definition) is 1. The molecule has 0 aliphatic heterocycles. The number of Topliss-reactive ketones (excluding diaryl/α,β-unsaturated/α-hetero) is 1. The molecular formula is C10H19NO. The van der Waals surface area contributed by atoms with Crippen LogP contribution in [-0.2, 0) is 4.79 Å². The molecular weight excluding hydrogens is 150 g/mol. The van der Waals surface area contributed by atoms with Crippen molar-refractivity contribution in [2.24, 2.45) is 23.5 Å². The minimum absolute atomic E-state index is 0.0278. The molecule has 4 atom stereocenters. The smallest absolute Gasteiger partial charge is 0.138 e. The van der Waals surface area contributed by atoms with Gasteiger partial charge in [0.25, 0.3) is 0 Å². The minimum atomic E-state index is 0.0278. The van der Waals surface area contributed by atoms with Crippen molar-refractivity contribution in [3.05, 3.63) is 0 Å². The highest BCUT2D eigenvalue weighted by Gasteiger charge is 2.34. The van der Waals surface area contributed by atoms with E-state index in [4.69, 9.17) is 5.73 Å².